The Balaban J connectivity index is 1.79. The van der Waals surface area contributed by atoms with Gasteiger partial charge in [0.25, 0.3) is 11.8 Å². The van der Waals surface area contributed by atoms with Gasteiger partial charge in [-0.3, -0.25) is 9.59 Å². The number of hydrogen-bond donors (Lipinski definition) is 3. The van der Waals surface area contributed by atoms with Gasteiger partial charge >= 0.3 is 0 Å². The van der Waals surface area contributed by atoms with Crippen LogP contribution in [0, 0.1) is 0 Å². The lowest BCUT2D eigenvalue weighted by Crippen LogP contribution is -2.31. The van der Waals surface area contributed by atoms with Crippen LogP contribution >= 0.6 is 0 Å². The molecule has 1 aliphatic carbocycles. The number of rotatable bonds is 5. The molecule has 2 aromatic rings. The zero-order valence-corrected chi connectivity index (χ0v) is 13.8. The number of nitrogen functional groups attached to an aromatic ring is 1. The monoisotopic (exact) mass is 339 g/mol. The number of para-hydroxylation sites is 1. The Kier molecular flexibility index (Phi) is 4.88. The molecule has 130 valence electrons. The molecule has 2 amide bonds. The summed E-state index contributed by atoms with van der Waals surface area (Å²) in [6.07, 6.45) is 2.82. The maximum absolute atomic E-state index is 12.7. The van der Waals surface area contributed by atoms with E-state index >= 15 is 0 Å². The molecule has 5 N–H and O–H groups in total. The van der Waals surface area contributed by atoms with Crippen LogP contribution in [0.25, 0.3) is 0 Å². The van der Waals surface area contributed by atoms with E-state index in [1.165, 1.54) is 5.56 Å². The minimum atomic E-state index is -0.589. The van der Waals surface area contributed by atoms with Crippen LogP contribution < -0.4 is 21.5 Å². The first kappa shape index (κ1) is 16.8. The molecule has 0 spiro atoms. The topological polar surface area (TPSA) is 107 Å². The molecule has 0 saturated heterocycles. The normalized spacial score (nSPS) is 15.9. The van der Waals surface area contributed by atoms with E-state index in [2.05, 4.69) is 5.32 Å². The van der Waals surface area contributed by atoms with Gasteiger partial charge < -0.3 is 21.5 Å². The predicted octanol–water partition coefficient (Wildman–Crippen LogP) is 1.94. The molecule has 25 heavy (non-hydrogen) atoms. The van der Waals surface area contributed by atoms with Crippen LogP contribution in [0.4, 0.5) is 5.69 Å². The fourth-order valence-electron chi connectivity index (χ4n) is 3.15. The van der Waals surface area contributed by atoms with E-state index in [1.54, 1.807) is 24.3 Å². The molecule has 1 atom stereocenters. The van der Waals surface area contributed by atoms with Crippen molar-refractivity contribution in [2.45, 2.75) is 25.3 Å². The summed E-state index contributed by atoms with van der Waals surface area (Å²) >= 11 is 0. The maximum atomic E-state index is 12.7. The summed E-state index contributed by atoms with van der Waals surface area (Å²) in [6.45, 7) is -0.268. The summed E-state index contributed by atoms with van der Waals surface area (Å²) in [5, 5.41) is 3.06. The number of anilines is 1. The van der Waals surface area contributed by atoms with Crippen LogP contribution in [0.15, 0.2) is 42.5 Å². The smallest absolute Gasteiger partial charge is 0.255 e. The van der Waals surface area contributed by atoms with Crippen molar-refractivity contribution in [1.82, 2.24) is 5.32 Å². The van der Waals surface area contributed by atoms with Gasteiger partial charge in [0.2, 0.25) is 0 Å². The number of amides is 2. The maximum Gasteiger partial charge on any atom is 0.255 e. The second-order valence-electron chi connectivity index (χ2n) is 6.13. The Morgan fingerprint density at radius 3 is 2.80 bits per heavy atom. The quantitative estimate of drug-likeness (QED) is 0.724. The first-order chi connectivity index (χ1) is 12.0. The molecular formula is C19H21N3O3. The SMILES string of the molecule is NC(=O)COc1ccccc1C(=O)NC1CCCc2cc(N)ccc21. The summed E-state index contributed by atoms with van der Waals surface area (Å²) in [6, 6.07) is 12.5. The highest BCUT2D eigenvalue weighted by atomic mass is 16.5. The van der Waals surface area contributed by atoms with Crippen LogP contribution in [0.5, 0.6) is 5.75 Å². The fraction of sp³-hybridized carbons (Fsp3) is 0.263. The molecule has 0 radical (unpaired) electrons. The third-order valence-corrected chi connectivity index (χ3v) is 4.29. The second-order valence-corrected chi connectivity index (χ2v) is 6.13. The molecule has 6 heteroatoms. The van der Waals surface area contributed by atoms with Crippen molar-refractivity contribution in [3.05, 3.63) is 59.2 Å². The lowest BCUT2D eigenvalue weighted by Gasteiger charge is -2.27. The minimum absolute atomic E-state index is 0.0685. The zero-order chi connectivity index (χ0) is 17.8. The van der Waals surface area contributed by atoms with Gasteiger partial charge in [0, 0.05) is 5.69 Å². The lowest BCUT2D eigenvalue weighted by molar-refractivity contribution is -0.119. The van der Waals surface area contributed by atoms with E-state index in [-0.39, 0.29) is 18.6 Å². The molecule has 2 aromatic carbocycles. The average molecular weight is 339 g/mol. The Labute approximate surface area is 146 Å². The van der Waals surface area contributed by atoms with E-state index in [0.717, 1.165) is 30.5 Å². The van der Waals surface area contributed by atoms with E-state index < -0.39 is 5.91 Å². The van der Waals surface area contributed by atoms with Gasteiger partial charge in [0.05, 0.1) is 11.6 Å². The summed E-state index contributed by atoms with van der Waals surface area (Å²) < 4.78 is 5.34. The van der Waals surface area contributed by atoms with Gasteiger partial charge in [-0.1, -0.05) is 18.2 Å². The number of hydrogen-bond acceptors (Lipinski definition) is 4. The molecule has 6 nitrogen and oxygen atoms in total. The number of nitrogens with two attached hydrogens (primary N) is 2. The zero-order valence-electron chi connectivity index (χ0n) is 13.8. The third kappa shape index (κ3) is 3.91. The van der Waals surface area contributed by atoms with Crippen LogP contribution in [-0.4, -0.2) is 18.4 Å². The van der Waals surface area contributed by atoms with Crippen LogP contribution in [0.3, 0.4) is 0 Å². The first-order valence-electron chi connectivity index (χ1n) is 8.24. The van der Waals surface area contributed by atoms with Gasteiger partial charge in [-0.25, -0.2) is 0 Å². The largest absolute Gasteiger partial charge is 0.483 e. The molecule has 0 saturated carbocycles. The Morgan fingerprint density at radius 2 is 2.00 bits per heavy atom. The molecule has 0 heterocycles. The molecule has 0 bridgehead atoms. The Morgan fingerprint density at radius 1 is 1.20 bits per heavy atom. The molecule has 0 fully saturated rings. The molecule has 0 aliphatic heterocycles. The highest BCUT2D eigenvalue weighted by Gasteiger charge is 2.23. The summed E-state index contributed by atoms with van der Waals surface area (Å²) in [5.74, 6) is -0.490. The van der Waals surface area contributed by atoms with Crippen LogP contribution in [0.1, 0.15) is 40.4 Å². The second kappa shape index (κ2) is 7.25. The minimum Gasteiger partial charge on any atom is -0.483 e. The average Bonchev–Trinajstić information content (AvgIpc) is 2.60. The summed E-state index contributed by atoms with van der Waals surface area (Å²) in [7, 11) is 0. The van der Waals surface area contributed by atoms with Crippen molar-refractivity contribution < 1.29 is 14.3 Å². The first-order valence-corrected chi connectivity index (χ1v) is 8.24. The molecule has 1 unspecified atom stereocenters. The number of carbonyl (C=O) groups excluding carboxylic acids is 2. The van der Waals surface area contributed by atoms with Crippen molar-refractivity contribution in [3.63, 3.8) is 0 Å². The number of benzene rings is 2. The molecule has 0 aromatic heterocycles. The predicted molar refractivity (Wildman–Crippen MR) is 95.1 cm³/mol. The van der Waals surface area contributed by atoms with Gasteiger partial charge in [-0.05, 0) is 54.7 Å². The standard InChI is InChI=1S/C19H21N3O3/c20-13-8-9-14-12(10-13)4-3-6-16(14)22-19(24)15-5-1-2-7-17(15)25-11-18(21)23/h1-2,5,7-10,16H,3-4,6,11,20H2,(H2,21,23)(H,22,24). The van der Waals surface area contributed by atoms with Crippen molar-refractivity contribution in [1.29, 1.82) is 0 Å². The number of fused-ring (bicyclic) bond motifs is 1. The van der Waals surface area contributed by atoms with Crippen molar-refractivity contribution in [2.75, 3.05) is 12.3 Å². The van der Waals surface area contributed by atoms with E-state index in [1.807, 2.05) is 18.2 Å². The highest BCUT2D eigenvalue weighted by molar-refractivity contribution is 5.97. The fourth-order valence-corrected chi connectivity index (χ4v) is 3.15. The molecular weight excluding hydrogens is 318 g/mol. The van der Waals surface area contributed by atoms with Crippen molar-refractivity contribution in [3.8, 4) is 5.75 Å². The van der Waals surface area contributed by atoms with E-state index in [4.69, 9.17) is 16.2 Å². The van der Waals surface area contributed by atoms with Gasteiger partial charge in [0.1, 0.15) is 5.75 Å². The summed E-state index contributed by atoms with van der Waals surface area (Å²) in [5.41, 5.74) is 14.4. The van der Waals surface area contributed by atoms with Crippen LogP contribution in [-0.2, 0) is 11.2 Å². The number of carbonyl (C=O) groups is 2. The van der Waals surface area contributed by atoms with Gasteiger partial charge in [0.15, 0.2) is 6.61 Å². The van der Waals surface area contributed by atoms with Crippen molar-refractivity contribution >= 4 is 17.5 Å². The Hall–Kier alpha value is -3.02. The third-order valence-electron chi connectivity index (χ3n) is 4.29. The lowest BCUT2D eigenvalue weighted by atomic mass is 9.87. The van der Waals surface area contributed by atoms with Crippen molar-refractivity contribution in [2.24, 2.45) is 5.73 Å². The number of aryl methyl sites for hydroxylation is 1. The summed E-state index contributed by atoms with van der Waals surface area (Å²) in [4.78, 5) is 23.6. The van der Waals surface area contributed by atoms with Crippen LogP contribution in [0.2, 0.25) is 0 Å². The number of primary amides is 1. The van der Waals surface area contributed by atoms with Gasteiger partial charge in [-0.2, -0.15) is 0 Å². The highest BCUT2D eigenvalue weighted by Crippen LogP contribution is 2.31. The van der Waals surface area contributed by atoms with E-state index in [0.29, 0.717) is 11.3 Å². The van der Waals surface area contributed by atoms with E-state index in [9.17, 15) is 9.59 Å². The van der Waals surface area contributed by atoms with Gasteiger partial charge in [-0.15, -0.1) is 0 Å². The Bertz CT molecular complexity index is 804. The molecule has 1 aliphatic rings. The number of nitrogens with one attached hydrogen (secondary N) is 1. The molecule has 3 rings (SSSR count). The number of ether oxygens (including phenoxy) is 1.